The summed E-state index contributed by atoms with van der Waals surface area (Å²) in [5.74, 6) is -0.346. The first-order valence-electron chi connectivity index (χ1n) is 6.32. The summed E-state index contributed by atoms with van der Waals surface area (Å²) < 4.78 is 1.59. The number of carbonyl (C=O) groups is 1. The van der Waals surface area contributed by atoms with Crippen LogP contribution in [0.5, 0.6) is 0 Å². The molecule has 0 radical (unpaired) electrons. The number of amides is 1. The summed E-state index contributed by atoms with van der Waals surface area (Å²) in [6.07, 6.45) is 3.25. The molecule has 0 fully saturated rings. The number of aliphatic hydroxyl groups excluding tert-OH is 1. The second-order valence-corrected chi connectivity index (χ2v) is 4.58. The number of nitrogens with two attached hydrogens (primary N) is 1. The van der Waals surface area contributed by atoms with Crippen LogP contribution in [-0.2, 0) is 11.8 Å². The topological polar surface area (TPSA) is 93.2 Å². The van der Waals surface area contributed by atoms with Gasteiger partial charge in [0.05, 0.1) is 18.8 Å². The molecule has 2 aromatic rings. The number of aromatic nitrogens is 2. The van der Waals surface area contributed by atoms with E-state index in [1.807, 2.05) is 30.3 Å². The van der Waals surface area contributed by atoms with Gasteiger partial charge in [-0.15, -0.1) is 0 Å². The molecule has 0 saturated carbocycles. The molecule has 20 heavy (non-hydrogen) atoms. The van der Waals surface area contributed by atoms with Crippen molar-refractivity contribution in [2.24, 2.45) is 12.8 Å². The molecule has 0 spiro atoms. The number of carbonyl (C=O) groups excluding carboxylic acids is 1. The third kappa shape index (κ3) is 3.23. The number of rotatable bonds is 5. The van der Waals surface area contributed by atoms with E-state index in [1.165, 1.54) is 0 Å². The molecule has 0 aliphatic heterocycles. The van der Waals surface area contributed by atoms with Crippen LogP contribution in [0.3, 0.4) is 0 Å². The molecule has 1 amide bonds. The van der Waals surface area contributed by atoms with Crippen LogP contribution >= 0.6 is 0 Å². The van der Waals surface area contributed by atoms with E-state index in [0.29, 0.717) is 5.56 Å². The Morgan fingerprint density at radius 1 is 1.40 bits per heavy atom. The summed E-state index contributed by atoms with van der Waals surface area (Å²) >= 11 is 0. The molecule has 4 N–H and O–H groups in total. The summed E-state index contributed by atoms with van der Waals surface area (Å²) in [4.78, 5) is 12.1. The maximum Gasteiger partial charge on any atom is 0.242 e. The molecule has 0 bridgehead atoms. The molecule has 2 unspecified atom stereocenters. The van der Waals surface area contributed by atoms with Gasteiger partial charge in [0.15, 0.2) is 0 Å². The Morgan fingerprint density at radius 2 is 2.10 bits per heavy atom. The minimum absolute atomic E-state index is 0.185. The van der Waals surface area contributed by atoms with Gasteiger partial charge in [-0.2, -0.15) is 5.10 Å². The van der Waals surface area contributed by atoms with E-state index in [1.54, 1.807) is 24.1 Å². The van der Waals surface area contributed by atoms with Crippen LogP contribution in [0.25, 0.3) is 0 Å². The van der Waals surface area contributed by atoms with E-state index in [9.17, 15) is 9.90 Å². The predicted molar refractivity (Wildman–Crippen MR) is 74.5 cm³/mol. The quantitative estimate of drug-likeness (QED) is 0.729. The SMILES string of the molecule is Cn1cc(C(N)C(=O)NC(CO)c2ccccc2)cn1. The highest BCUT2D eigenvalue weighted by Gasteiger charge is 2.21. The molecule has 0 aliphatic rings. The van der Waals surface area contributed by atoms with Crippen LogP contribution in [0, 0.1) is 0 Å². The summed E-state index contributed by atoms with van der Waals surface area (Å²) in [5, 5.41) is 16.1. The highest BCUT2D eigenvalue weighted by atomic mass is 16.3. The van der Waals surface area contributed by atoms with E-state index >= 15 is 0 Å². The highest BCUT2D eigenvalue weighted by Crippen LogP contribution is 2.14. The Bertz CT molecular complexity index is 568. The molecule has 2 atom stereocenters. The van der Waals surface area contributed by atoms with E-state index in [2.05, 4.69) is 10.4 Å². The molecule has 0 saturated heterocycles. The van der Waals surface area contributed by atoms with Gasteiger partial charge in [0.1, 0.15) is 6.04 Å². The van der Waals surface area contributed by atoms with Gasteiger partial charge in [-0.3, -0.25) is 9.48 Å². The van der Waals surface area contributed by atoms with Crippen LogP contribution in [0.4, 0.5) is 0 Å². The van der Waals surface area contributed by atoms with Crippen LogP contribution in [0.2, 0.25) is 0 Å². The van der Waals surface area contributed by atoms with Crippen molar-refractivity contribution < 1.29 is 9.90 Å². The fourth-order valence-electron chi connectivity index (χ4n) is 1.93. The Kier molecular flexibility index (Phi) is 4.49. The van der Waals surface area contributed by atoms with Gasteiger partial charge in [0, 0.05) is 18.8 Å². The lowest BCUT2D eigenvalue weighted by Gasteiger charge is -2.19. The zero-order valence-electron chi connectivity index (χ0n) is 11.2. The molecule has 1 aromatic carbocycles. The first kappa shape index (κ1) is 14.2. The monoisotopic (exact) mass is 274 g/mol. The van der Waals surface area contributed by atoms with Gasteiger partial charge >= 0.3 is 0 Å². The molecule has 6 heteroatoms. The zero-order valence-corrected chi connectivity index (χ0v) is 11.2. The number of aryl methyl sites for hydroxylation is 1. The maximum absolute atomic E-state index is 12.1. The fraction of sp³-hybridized carbons (Fsp3) is 0.286. The van der Waals surface area contributed by atoms with Gasteiger partial charge in [-0.25, -0.2) is 0 Å². The van der Waals surface area contributed by atoms with Gasteiger partial charge in [0.2, 0.25) is 5.91 Å². The molecule has 2 rings (SSSR count). The first-order valence-corrected chi connectivity index (χ1v) is 6.32. The molecule has 0 aliphatic carbocycles. The van der Waals surface area contributed by atoms with Gasteiger partial charge in [-0.1, -0.05) is 30.3 Å². The standard InChI is InChI=1S/C14H18N4O2/c1-18-8-11(7-16-18)13(15)14(20)17-12(9-19)10-5-3-2-4-6-10/h2-8,12-13,19H,9,15H2,1H3,(H,17,20). The van der Waals surface area contributed by atoms with Crippen molar-refractivity contribution in [2.45, 2.75) is 12.1 Å². The average Bonchev–Trinajstić information content (AvgIpc) is 2.91. The molecular formula is C14H18N4O2. The minimum Gasteiger partial charge on any atom is -0.394 e. The van der Waals surface area contributed by atoms with Crippen molar-refractivity contribution in [3.63, 3.8) is 0 Å². The van der Waals surface area contributed by atoms with E-state index in [0.717, 1.165) is 5.56 Å². The van der Waals surface area contributed by atoms with E-state index < -0.39 is 12.1 Å². The summed E-state index contributed by atoms with van der Waals surface area (Å²) in [6.45, 7) is -0.185. The van der Waals surface area contributed by atoms with Crippen LogP contribution in [0.15, 0.2) is 42.7 Å². The maximum atomic E-state index is 12.1. The summed E-state index contributed by atoms with van der Waals surface area (Å²) in [6, 6.07) is 8.00. The van der Waals surface area contributed by atoms with Gasteiger partial charge in [0.25, 0.3) is 0 Å². The second-order valence-electron chi connectivity index (χ2n) is 4.58. The first-order chi connectivity index (χ1) is 9.61. The van der Waals surface area contributed by atoms with Gasteiger partial charge in [-0.05, 0) is 5.56 Å². The minimum atomic E-state index is -0.804. The third-order valence-electron chi connectivity index (χ3n) is 3.07. The number of benzene rings is 1. The zero-order chi connectivity index (χ0) is 14.5. The molecule has 1 aromatic heterocycles. The van der Waals surface area contributed by atoms with Crippen LogP contribution < -0.4 is 11.1 Å². The second kappa shape index (κ2) is 6.31. The number of hydrogen-bond donors (Lipinski definition) is 3. The summed E-state index contributed by atoms with van der Waals surface area (Å²) in [7, 11) is 1.76. The largest absolute Gasteiger partial charge is 0.394 e. The van der Waals surface area contributed by atoms with Gasteiger partial charge < -0.3 is 16.2 Å². The lowest BCUT2D eigenvalue weighted by atomic mass is 10.1. The Hall–Kier alpha value is -2.18. The van der Waals surface area contributed by atoms with Crippen molar-refractivity contribution in [1.29, 1.82) is 0 Å². The number of aliphatic hydroxyl groups is 1. The molecule has 1 heterocycles. The predicted octanol–water partition coefficient (Wildman–Crippen LogP) is 0.270. The van der Waals surface area contributed by atoms with Crippen molar-refractivity contribution in [2.75, 3.05) is 6.61 Å². The Balaban J connectivity index is 2.06. The van der Waals surface area contributed by atoms with Crippen LogP contribution in [-0.4, -0.2) is 27.4 Å². The molecule has 6 nitrogen and oxygen atoms in total. The van der Waals surface area contributed by atoms with E-state index in [-0.39, 0.29) is 12.5 Å². The lowest BCUT2D eigenvalue weighted by Crippen LogP contribution is -2.37. The van der Waals surface area contributed by atoms with Crippen LogP contribution in [0.1, 0.15) is 23.2 Å². The fourth-order valence-corrected chi connectivity index (χ4v) is 1.93. The molecular weight excluding hydrogens is 256 g/mol. The molecule has 106 valence electrons. The normalized spacial score (nSPS) is 13.8. The van der Waals surface area contributed by atoms with Crippen molar-refractivity contribution >= 4 is 5.91 Å². The summed E-state index contributed by atoms with van der Waals surface area (Å²) in [5.41, 5.74) is 7.35. The average molecular weight is 274 g/mol. The van der Waals surface area contributed by atoms with Crippen molar-refractivity contribution in [3.05, 3.63) is 53.9 Å². The smallest absolute Gasteiger partial charge is 0.242 e. The number of hydrogen-bond acceptors (Lipinski definition) is 4. The third-order valence-corrected chi connectivity index (χ3v) is 3.07. The van der Waals surface area contributed by atoms with Crippen molar-refractivity contribution in [1.82, 2.24) is 15.1 Å². The highest BCUT2D eigenvalue weighted by molar-refractivity contribution is 5.83. The Labute approximate surface area is 117 Å². The Morgan fingerprint density at radius 3 is 2.65 bits per heavy atom. The van der Waals surface area contributed by atoms with Crippen molar-refractivity contribution in [3.8, 4) is 0 Å². The number of nitrogens with one attached hydrogen (secondary N) is 1. The van der Waals surface area contributed by atoms with E-state index in [4.69, 9.17) is 5.73 Å². The number of nitrogens with zero attached hydrogens (tertiary/aromatic N) is 2. The lowest BCUT2D eigenvalue weighted by molar-refractivity contribution is -0.123.